The van der Waals surface area contributed by atoms with Gasteiger partial charge in [-0.1, -0.05) is 48.8 Å². The van der Waals surface area contributed by atoms with E-state index in [9.17, 15) is 0 Å². The Morgan fingerprint density at radius 2 is 1.84 bits per heavy atom. The summed E-state index contributed by atoms with van der Waals surface area (Å²) in [5.41, 5.74) is 1.20. The van der Waals surface area contributed by atoms with E-state index < -0.39 is 0 Å². The van der Waals surface area contributed by atoms with Crippen molar-refractivity contribution in [2.45, 2.75) is 39.8 Å². The maximum absolute atomic E-state index is 6.35. The minimum absolute atomic E-state index is 0.330. The van der Waals surface area contributed by atoms with Crippen molar-refractivity contribution in [2.75, 3.05) is 26.2 Å². The second-order valence-corrected chi connectivity index (χ2v) is 7.62. The molecule has 1 aliphatic heterocycles. The van der Waals surface area contributed by atoms with Gasteiger partial charge in [-0.25, -0.2) is 0 Å². The number of nitrogens with zero attached hydrogens (tertiary/aromatic N) is 4. The van der Waals surface area contributed by atoms with E-state index in [-0.39, 0.29) is 0 Å². The maximum atomic E-state index is 6.35. The zero-order chi connectivity index (χ0) is 17.8. The largest absolute Gasteiger partial charge is 0.338 e. The van der Waals surface area contributed by atoms with E-state index in [1.807, 2.05) is 12.1 Å². The Morgan fingerprint density at radius 3 is 2.52 bits per heavy atom. The summed E-state index contributed by atoms with van der Waals surface area (Å²) in [6.07, 6.45) is 0.868. The minimum atomic E-state index is 0.330. The monoisotopic (exact) mass is 362 g/mol. The lowest BCUT2D eigenvalue weighted by molar-refractivity contribution is 0.0905. The first-order valence-corrected chi connectivity index (χ1v) is 9.43. The van der Waals surface area contributed by atoms with Gasteiger partial charge < -0.3 is 4.52 Å². The highest BCUT2D eigenvalue weighted by atomic mass is 35.5. The van der Waals surface area contributed by atoms with Gasteiger partial charge in [-0.05, 0) is 24.5 Å². The molecule has 2 heterocycles. The van der Waals surface area contributed by atoms with Crippen molar-refractivity contribution in [3.05, 3.63) is 46.6 Å². The first-order chi connectivity index (χ1) is 12.0. The van der Waals surface area contributed by atoms with Crippen LogP contribution < -0.4 is 0 Å². The van der Waals surface area contributed by atoms with Crippen LogP contribution in [0.3, 0.4) is 0 Å². The molecule has 0 amide bonds. The van der Waals surface area contributed by atoms with Gasteiger partial charge in [0.05, 0.1) is 6.54 Å². The second-order valence-electron chi connectivity index (χ2n) is 7.21. The van der Waals surface area contributed by atoms with Crippen molar-refractivity contribution in [1.29, 1.82) is 0 Å². The highest BCUT2D eigenvalue weighted by Gasteiger charge is 2.24. The number of halogens is 1. The summed E-state index contributed by atoms with van der Waals surface area (Å²) in [5, 5.41) is 4.92. The zero-order valence-electron chi connectivity index (χ0n) is 15.3. The van der Waals surface area contributed by atoms with E-state index in [1.165, 1.54) is 5.56 Å². The molecule has 1 fully saturated rings. The van der Waals surface area contributed by atoms with Gasteiger partial charge >= 0.3 is 0 Å². The van der Waals surface area contributed by atoms with Gasteiger partial charge in [-0.3, -0.25) is 9.80 Å². The van der Waals surface area contributed by atoms with Crippen LogP contribution in [0.2, 0.25) is 5.02 Å². The highest BCUT2D eigenvalue weighted by molar-refractivity contribution is 6.31. The quantitative estimate of drug-likeness (QED) is 0.782. The van der Waals surface area contributed by atoms with E-state index in [1.54, 1.807) is 0 Å². The fourth-order valence-electron chi connectivity index (χ4n) is 3.31. The van der Waals surface area contributed by atoms with Crippen molar-refractivity contribution in [2.24, 2.45) is 5.92 Å². The molecular weight excluding hydrogens is 336 g/mol. The molecule has 5 nitrogen and oxygen atoms in total. The Kier molecular flexibility index (Phi) is 6.10. The third-order valence-electron chi connectivity index (χ3n) is 4.77. The Hall–Kier alpha value is -1.43. The maximum Gasteiger partial charge on any atom is 0.240 e. The summed E-state index contributed by atoms with van der Waals surface area (Å²) in [4.78, 5) is 9.37. The van der Waals surface area contributed by atoms with Crippen molar-refractivity contribution in [1.82, 2.24) is 19.9 Å². The zero-order valence-corrected chi connectivity index (χ0v) is 16.0. The standard InChI is InChI=1S/C19H27ClN4O/c1-14(2)12-18-21-19(25-22-18)13-23-8-10-24(11-9-23)15(3)16-6-4-5-7-17(16)20/h4-7,14-15H,8-13H2,1-3H3. The summed E-state index contributed by atoms with van der Waals surface area (Å²) < 4.78 is 5.39. The van der Waals surface area contributed by atoms with Crippen LogP contribution in [0, 0.1) is 5.92 Å². The van der Waals surface area contributed by atoms with Gasteiger partial charge in [0, 0.05) is 43.7 Å². The average Bonchev–Trinajstić information content (AvgIpc) is 3.01. The fourth-order valence-corrected chi connectivity index (χ4v) is 3.61. The van der Waals surface area contributed by atoms with E-state index >= 15 is 0 Å². The summed E-state index contributed by atoms with van der Waals surface area (Å²) in [7, 11) is 0. The predicted molar refractivity (Wildman–Crippen MR) is 99.6 cm³/mol. The van der Waals surface area contributed by atoms with Crippen molar-refractivity contribution >= 4 is 11.6 Å². The molecule has 1 aliphatic rings. The molecule has 0 radical (unpaired) electrons. The molecule has 1 unspecified atom stereocenters. The number of benzene rings is 1. The Bertz CT molecular complexity index is 680. The first kappa shape index (κ1) is 18.4. The molecule has 1 atom stereocenters. The molecule has 0 saturated carbocycles. The van der Waals surface area contributed by atoms with Crippen LogP contribution in [0.25, 0.3) is 0 Å². The summed E-state index contributed by atoms with van der Waals surface area (Å²) in [6, 6.07) is 8.45. The van der Waals surface area contributed by atoms with E-state index in [2.05, 4.69) is 52.8 Å². The fraction of sp³-hybridized carbons (Fsp3) is 0.579. The van der Waals surface area contributed by atoms with Gasteiger partial charge in [0.1, 0.15) is 0 Å². The smallest absolute Gasteiger partial charge is 0.240 e. The lowest BCUT2D eigenvalue weighted by Crippen LogP contribution is -2.46. The molecule has 0 bridgehead atoms. The SMILES string of the molecule is CC(C)Cc1noc(CN2CCN(C(C)c3ccccc3Cl)CC2)n1. The average molecular weight is 363 g/mol. The molecule has 0 aliphatic carbocycles. The van der Waals surface area contributed by atoms with Gasteiger partial charge in [0.2, 0.25) is 5.89 Å². The molecular formula is C19H27ClN4O. The third kappa shape index (κ3) is 4.81. The lowest BCUT2D eigenvalue weighted by Gasteiger charge is -2.37. The summed E-state index contributed by atoms with van der Waals surface area (Å²) in [5.74, 6) is 2.08. The van der Waals surface area contributed by atoms with Crippen LogP contribution in [0.4, 0.5) is 0 Å². The highest BCUT2D eigenvalue weighted by Crippen LogP contribution is 2.27. The van der Waals surface area contributed by atoms with Crippen molar-refractivity contribution in [3.8, 4) is 0 Å². The topological polar surface area (TPSA) is 45.4 Å². The molecule has 0 spiro atoms. The first-order valence-electron chi connectivity index (χ1n) is 9.05. The number of hydrogen-bond acceptors (Lipinski definition) is 5. The van der Waals surface area contributed by atoms with Crippen LogP contribution in [0.5, 0.6) is 0 Å². The van der Waals surface area contributed by atoms with E-state index in [0.29, 0.717) is 12.0 Å². The molecule has 3 rings (SSSR count). The van der Waals surface area contributed by atoms with Crippen LogP contribution >= 0.6 is 11.6 Å². The van der Waals surface area contributed by atoms with Gasteiger partial charge in [-0.15, -0.1) is 0 Å². The Balaban J connectivity index is 1.52. The van der Waals surface area contributed by atoms with Gasteiger partial charge in [0.15, 0.2) is 5.82 Å². The van der Waals surface area contributed by atoms with Crippen molar-refractivity contribution < 1.29 is 4.52 Å². The Labute approximate surface area is 155 Å². The molecule has 25 heavy (non-hydrogen) atoms. The summed E-state index contributed by atoms with van der Waals surface area (Å²) >= 11 is 6.35. The number of rotatable bonds is 6. The molecule has 136 valence electrons. The molecule has 0 N–H and O–H groups in total. The normalized spacial score (nSPS) is 18.0. The van der Waals surface area contributed by atoms with Crippen LogP contribution in [-0.2, 0) is 13.0 Å². The second kappa shape index (κ2) is 8.30. The minimum Gasteiger partial charge on any atom is -0.338 e. The van der Waals surface area contributed by atoms with Crippen LogP contribution in [-0.4, -0.2) is 46.1 Å². The Morgan fingerprint density at radius 1 is 1.12 bits per heavy atom. The molecule has 6 heteroatoms. The number of piperazine rings is 1. The van der Waals surface area contributed by atoms with Crippen LogP contribution in [0.1, 0.15) is 44.1 Å². The molecule has 1 saturated heterocycles. The summed E-state index contributed by atoms with van der Waals surface area (Å²) in [6.45, 7) is 11.3. The molecule has 2 aromatic rings. The van der Waals surface area contributed by atoms with Crippen LogP contribution in [0.15, 0.2) is 28.8 Å². The van der Waals surface area contributed by atoms with E-state index in [0.717, 1.165) is 55.9 Å². The van der Waals surface area contributed by atoms with E-state index in [4.69, 9.17) is 16.1 Å². The molecule has 1 aromatic heterocycles. The third-order valence-corrected chi connectivity index (χ3v) is 5.11. The van der Waals surface area contributed by atoms with Crippen molar-refractivity contribution in [3.63, 3.8) is 0 Å². The van der Waals surface area contributed by atoms with Gasteiger partial charge in [0.25, 0.3) is 0 Å². The number of aromatic nitrogens is 2. The lowest BCUT2D eigenvalue weighted by atomic mass is 10.1. The van der Waals surface area contributed by atoms with Gasteiger partial charge in [-0.2, -0.15) is 4.98 Å². The molecule has 1 aromatic carbocycles. The predicted octanol–water partition coefficient (Wildman–Crippen LogP) is 3.80. The number of hydrogen-bond donors (Lipinski definition) is 0.